The third-order valence-electron chi connectivity index (χ3n) is 3.35. The van der Waals surface area contributed by atoms with Gasteiger partial charge in [-0.05, 0) is 13.0 Å². The molecule has 0 bridgehead atoms. The number of para-hydroxylation sites is 1. The fourth-order valence-electron chi connectivity index (χ4n) is 2.34. The number of rotatable bonds is 3. The first-order chi connectivity index (χ1) is 8.24. The summed E-state index contributed by atoms with van der Waals surface area (Å²) >= 11 is 0. The maximum atomic E-state index is 13.6. The van der Waals surface area contributed by atoms with Gasteiger partial charge in [-0.2, -0.15) is 0 Å². The van der Waals surface area contributed by atoms with Crippen molar-refractivity contribution in [1.82, 2.24) is 10.2 Å². The summed E-state index contributed by atoms with van der Waals surface area (Å²) in [7, 11) is 1.52. The van der Waals surface area contributed by atoms with E-state index in [0.717, 1.165) is 31.7 Å². The second kappa shape index (κ2) is 8.59. The van der Waals surface area contributed by atoms with Crippen LogP contribution in [0.1, 0.15) is 18.5 Å². The molecule has 1 heterocycles. The van der Waals surface area contributed by atoms with E-state index in [9.17, 15) is 4.39 Å². The minimum atomic E-state index is -0.285. The molecule has 0 aliphatic carbocycles. The Bertz CT molecular complexity index is 387. The molecule has 1 aliphatic rings. The number of ether oxygens (including phenoxy) is 1. The Kier molecular flexibility index (Phi) is 8.34. The molecular weight excluding hydrogens is 290 g/mol. The summed E-state index contributed by atoms with van der Waals surface area (Å²) in [6, 6.07) is 5.30. The first-order valence-corrected chi connectivity index (χ1v) is 6.01. The molecule has 0 saturated carbocycles. The van der Waals surface area contributed by atoms with Gasteiger partial charge >= 0.3 is 0 Å². The van der Waals surface area contributed by atoms with Crippen molar-refractivity contribution in [3.63, 3.8) is 0 Å². The highest BCUT2D eigenvalue weighted by molar-refractivity contribution is 5.85. The third-order valence-corrected chi connectivity index (χ3v) is 3.35. The lowest BCUT2D eigenvalue weighted by Crippen LogP contribution is -2.44. The molecule has 1 aromatic carbocycles. The molecule has 1 fully saturated rings. The molecular formula is C13H21Cl2FN2O. The molecule has 0 amide bonds. The van der Waals surface area contributed by atoms with Crippen LogP contribution in [0, 0.1) is 5.82 Å². The second-order valence-corrected chi connectivity index (χ2v) is 4.32. The molecule has 110 valence electrons. The zero-order valence-electron chi connectivity index (χ0n) is 11.2. The monoisotopic (exact) mass is 310 g/mol. The largest absolute Gasteiger partial charge is 0.493 e. The highest BCUT2D eigenvalue weighted by Crippen LogP contribution is 2.31. The lowest BCUT2D eigenvalue weighted by molar-refractivity contribution is 0.182. The molecule has 1 N–H and O–H groups in total. The van der Waals surface area contributed by atoms with Crippen LogP contribution in [0.25, 0.3) is 0 Å². The average Bonchev–Trinajstić information content (AvgIpc) is 2.38. The summed E-state index contributed by atoms with van der Waals surface area (Å²) in [5, 5.41) is 3.31. The number of piperazine rings is 1. The van der Waals surface area contributed by atoms with Gasteiger partial charge in [0.25, 0.3) is 0 Å². The highest BCUT2D eigenvalue weighted by atomic mass is 35.5. The van der Waals surface area contributed by atoms with Gasteiger partial charge in [0.05, 0.1) is 7.11 Å². The van der Waals surface area contributed by atoms with Gasteiger partial charge in [0.15, 0.2) is 11.6 Å². The topological polar surface area (TPSA) is 24.5 Å². The smallest absolute Gasteiger partial charge is 0.165 e. The Morgan fingerprint density at radius 1 is 1.26 bits per heavy atom. The number of nitrogens with zero attached hydrogens (tertiary/aromatic N) is 1. The van der Waals surface area contributed by atoms with Crippen LogP contribution in [-0.4, -0.2) is 38.2 Å². The van der Waals surface area contributed by atoms with Gasteiger partial charge in [-0.1, -0.05) is 12.1 Å². The molecule has 1 aromatic rings. The van der Waals surface area contributed by atoms with E-state index in [-0.39, 0.29) is 36.7 Å². The minimum Gasteiger partial charge on any atom is -0.493 e. The molecule has 0 aromatic heterocycles. The fraction of sp³-hybridized carbons (Fsp3) is 0.538. The van der Waals surface area contributed by atoms with E-state index in [4.69, 9.17) is 4.74 Å². The number of hydrogen-bond donors (Lipinski definition) is 1. The standard InChI is InChI=1S/C13H19FN2O.2ClH/c1-10(16-8-6-15-7-9-16)11-4-3-5-12(14)13(11)17-2;;/h3-5,10,15H,6-9H2,1-2H3;2*1H/t10-;;/m1../s1. The Labute approximate surface area is 126 Å². The van der Waals surface area contributed by atoms with E-state index in [1.807, 2.05) is 6.07 Å². The van der Waals surface area contributed by atoms with Crippen LogP contribution in [0.3, 0.4) is 0 Å². The third kappa shape index (κ3) is 4.21. The zero-order chi connectivity index (χ0) is 12.3. The van der Waals surface area contributed by atoms with Crippen molar-refractivity contribution in [3.05, 3.63) is 29.6 Å². The van der Waals surface area contributed by atoms with Crippen molar-refractivity contribution in [2.45, 2.75) is 13.0 Å². The highest BCUT2D eigenvalue weighted by Gasteiger charge is 2.22. The van der Waals surface area contributed by atoms with Crippen LogP contribution in [0.15, 0.2) is 18.2 Å². The Hall–Kier alpha value is -0.550. The number of nitrogens with one attached hydrogen (secondary N) is 1. The molecule has 19 heavy (non-hydrogen) atoms. The average molecular weight is 311 g/mol. The number of halogens is 3. The first-order valence-electron chi connectivity index (χ1n) is 6.01. The number of benzene rings is 1. The summed E-state index contributed by atoms with van der Waals surface area (Å²) in [6.07, 6.45) is 0. The summed E-state index contributed by atoms with van der Waals surface area (Å²) in [5.41, 5.74) is 0.925. The molecule has 1 aliphatic heterocycles. The van der Waals surface area contributed by atoms with Gasteiger partial charge in [-0.15, -0.1) is 24.8 Å². The van der Waals surface area contributed by atoms with Crippen LogP contribution >= 0.6 is 24.8 Å². The Morgan fingerprint density at radius 3 is 2.47 bits per heavy atom. The molecule has 1 saturated heterocycles. The zero-order valence-corrected chi connectivity index (χ0v) is 12.8. The molecule has 0 radical (unpaired) electrons. The fourth-order valence-corrected chi connectivity index (χ4v) is 2.34. The number of methoxy groups -OCH3 is 1. The molecule has 2 rings (SSSR count). The number of hydrogen-bond acceptors (Lipinski definition) is 3. The lowest BCUT2D eigenvalue weighted by Gasteiger charge is -2.33. The van der Waals surface area contributed by atoms with Crippen molar-refractivity contribution < 1.29 is 9.13 Å². The van der Waals surface area contributed by atoms with Crippen molar-refractivity contribution >= 4 is 24.8 Å². The van der Waals surface area contributed by atoms with Gasteiger partial charge in [-0.3, -0.25) is 4.90 Å². The van der Waals surface area contributed by atoms with Crippen molar-refractivity contribution in [2.24, 2.45) is 0 Å². The SMILES string of the molecule is COc1c(F)cccc1[C@@H](C)N1CCNCC1.Cl.Cl. The molecule has 0 spiro atoms. The van der Waals surface area contributed by atoms with Crippen LogP contribution in [-0.2, 0) is 0 Å². The predicted molar refractivity (Wildman–Crippen MR) is 80.3 cm³/mol. The van der Waals surface area contributed by atoms with Gasteiger partial charge in [0.1, 0.15) is 0 Å². The Morgan fingerprint density at radius 2 is 1.89 bits per heavy atom. The molecule has 6 heteroatoms. The van der Waals surface area contributed by atoms with Gasteiger partial charge < -0.3 is 10.1 Å². The molecule has 3 nitrogen and oxygen atoms in total. The minimum absolute atomic E-state index is 0. The normalized spacial score (nSPS) is 17.0. The van der Waals surface area contributed by atoms with E-state index in [0.29, 0.717) is 5.75 Å². The van der Waals surface area contributed by atoms with E-state index in [1.54, 1.807) is 6.07 Å². The molecule has 1 atom stereocenters. The van der Waals surface area contributed by atoms with Gasteiger partial charge in [0.2, 0.25) is 0 Å². The summed E-state index contributed by atoms with van der Waals surface area (Å²) in [5.74, 6) is 0.0884. The van der Waals surface area contributed by atoms with Crippen molar-refractivity contribution in [3.8, 4) is 5.75 Å². The van der Waals surface area contributed by atoms with E-state index >= 15 is 0 Å². The Balaban J connectivity index is 0.00000162. The summed E-state index contributed by atoms with van der Waals surface area (Å²) in [6.45, 7) is 6.05. The molecule has 0 unspecified atom stereocenters. The maximum Gasteiger partial charge on any atom is 0.165 e. The quantitative estimate of drug-likeness (QED) is 0.929. The lowest BCUT2D eigenvalue weighted by atomic mass is 10.0. The van der Waals surface area contributed by atoms with Crippen molar-refractivity contribution in [2.75, 3.05) is 33.3 Å². The van der Waals surface area contributed by atoms with Gasteiger partial charge in [0, 0.05) is 37.8 Å². The van der Waals surface area contributed by atoms with Gasteiger partial charge in [-0.25, -0.2) is 4.39 Å². The maximum absolute atomic E-state index is 13.6. The first kappa shape index (κ1) is 18.4. The van der Waals surface area contributed by atoms with Crippen molar-refractivity contribution in [1.29, 1.82) is 0 Å². The predicted octanol–water partition coefficient (Wildman–Crippen LogP) is 2.64. The van der Waals surface area contributed by atoms with Crippen LogP contribution < -0.4 is 10.1 Å². The van der Waals surface area contributed by atoms with E-state index in [1.165, 1.54) is 13.2 Å². The van der Waals surface area contributed by atoms with E-state index in [2.05, 4.69) is 17.1 Å². The van der Waals surface area contributed by atoms with Crippen LogP contribution in [0.5, 0.6) is 5.75 Å². The van der Waals surface area contributed by atoms with Crippen LogP contribution in [0.2, 0.25) is 0 Å². The van der Waals surface area contributed by atoms with Crippen LogP contribution in [0.4, 0.5) is 4.39 Å². The summed E-state index contributed by atoms with van der Waals surface area (Å²) < 4.78 is 18.8. The summed E-state index contributed by atoms with van der Waals surface area (Å²) in [4.78, 5) is 2.34. The van der Waals surface area contributed by atoms with E-state index < -0.39 is 0 Å². The second-order valence-electron chi connectivity index (χ2n) is 4.32.